The summed E-state index contributed by atoms with van der Waals surface area (Å²) < 4.78 is 9.90. The molecule has 1 rings (SSSR count). The molecule has 0 aromatic carbocycles. The highest BCUT2D eigenvalue weighted by atomic mass is 35.5. The van der Waals surface area contributed by atoms with Crippen LogP contribution in [-0.4, -0.2) is 40.8 Å². The van der Waals surface area contributed by atoms with Crippen molar-refractivity contribution in [1.29, 1.82) is 0 Å². The average Bonchev–Trinajstić information content (AvgIpc) is 2.10. The van der Waals surface area contributed by atoms with Crippen LogP contribution >= 0.6 is 23.2 Å². The van der Waals surface area contributed by atoms with E-state index in [0.717, 1.165) is 0 Å². The van der Waals surface area contributed by atoms with Crippen molar-refractivity contribution < 1.29 is 19.4 Å². The number of esters is 1. The maximum absolute atomic E-state index is 10.7. The molecule has 0 amide bonds. The molecule has 4 atom stereocenters. The second-order valence-corrected chi connectivity index (χ2v) is 3.99. The summed E-state index contributed by atoms with van der Waals surface area (Å²) in [5.74, 6) is -0.260. The predicted octanol–water partition coefficient (Wildman–Crippen LogP) is 0.872. The van der Waals surface area contributed by atoms with Crippen molar-refractivity contribution >= 4 is 29.2 Å². The minimum Gasteiger partial charge on any atom is -0.457 e. The molecule has 1 fully saturated rings. The number of alkyl halides is 2. The van der Waals surface area contributed by atoms with Gasteiger partial charge < -0.3 is 14.6 Å². The Morgan fingerprint density at radius 1 is 1.71 bits per heavy atom. The maximum Gasteiger partial charge on any atom is 0.303 e. The third kappa shape index (κ3) is 2.98. The van der Waals surface area contributed by atoms with E-state index in [1.54, 1.807) is 0 Å². The average molecular weight is 243 g/mol. The Hall–Kier alpha value is -0.0300. The Bertz CT molecular complexity index is 212. The van der Waals surface area contributed by atoms with E-state index in [9.17, 15) is 9.90 Å². The van der Waals surface area contributed by atoms with Gasteiger partial charge in [-0.15, -0.1) is 23.2 Å². The lowest BCUT2D eigenvalue weighted by Gasteiger charge is -2.35. The van der Waals surface area contributed by atoms with Crippen LogP contribution in [0.15, 0.2) is 0 Å². The van der Waals surface area contributed by atoms with Gasteiger partial charge in [-0.3, -0.25) is 4.79 Å². The van der Waals surface area contributed by atoms with E-state index in [2.05, 4.69) is 0 Å². The van der Waals surface area contributed by atoms with Gasteiger partial charge in [0, 0.05) is 13.3 Å². The number of rotatable bonds is 2. The fraction of sp³-hybridized carbons (Fsp3) is 0.875. The normalized spacial score (nSPS) is 38.0. The van der Waals surface area contributed by atoms with E-state index in [1.165, 1.54) is 6.92 Å². The van der Waals surface area contributed by atoms with E-state index in [0.29, 0.717) is 6.42 Å². The van der Waals surface area contributed by atoms with Gasteiger partial charge in [0.05, 0.1) is 17.4 Å². The summed E-state index contributed by atoms with van der Waals surface area (Å²) in [6.45, 7) is 1.27. The Balaban J connectivity index is 2.52. The van der Waals surface area contributed by atoms with E-state index in [1.807, 2.05) is 0 Å². The third-order valence-electron chi connectivity index (χ3n) is 1.96. The molecule has 6 heteroatoms. The molecule has 0 aromatic heterocycles. The second-order valence-electron chi connectivity index (χ2n) is 3.12. The Labute approximate surface area is 92.1 Å². The van der Waals surface area contributed by atoms with Crippen LogP contribution in [0.2, 0.25) is 0 Å². The molecule has 1 aliphatic heterocycles. The molecule has 4 nitrogen and oxygen atoms in total. The van der Waals surface area contributed by atoms with Crippen molar-refractivity contribution in [3.8, 4) is 0 Å². The summed E-state index contributed by atoms with van der Waals surface area (Å²) in [5, 5.41) is 9.07. The molecular formula is C8H12Cl2O4. The monoisotopic (exact) mass is 242 g/mol. The maximum atomic E-state index is 10.7. The Kier molecular flexibility index (Phi) is 4.44. The number of halogens is 2. The zero-order chi connectivity index (χ0) is 10.7. The van der Waals surface area contributed by atoms with Crippen molar-refractivity contribution in [3.05, 3.63) is 0 Å². The molecule has 0 bridgehead atoms. The smallest absolute Gasteiger partial charge is 0.303 e. The number of carbonyl (C=O) groups is 1. The number of hydrogen-bond acceptors (Lipinski definition) is 4. The Morgan fingerprint density at radius 3 is 2.86 bits per heavy atom. The standard InChI is InChI=1S/C8H12Cl2O4/c1-4(11)13-6-2-5(10)7(3-9)14-8(6)12/h5-8,12H,2-3H2,1H3/t5-,6+,7+,8+/m1/s1. The first-order chi connectivity index (χ1) is 6.54. The fourth-order valence-corrected chi connectivity index (χ4v) is 2.00. The lowest BCUT2D eigenvalue weighted by Crippen LogP contribution is -2.47. The molecule has 0 aromatic rings. The number of carbonyl (C=O) groups excluding carboxylic acids is 1. The fourth-order valence-electron chi connectivity index (χ4n) is 1.29. The van der Waals surface area contributed by atoms with Crippen LogP contribution in [0.5, 0.6) is 0 Å². The molecule has 0 radical (unpaired) electrons. The molecule has 0 unspecified atom stereocenters. The highest BCUT2D eigenvalue weighted by molar-refractivity contribution is 6.23. The largest absolute Gasteiger partial charge is 0.457 e. The van der Waals surface area contributed by atoms with Crippen LogP contribution in [0.3, 0.4) is 0 Å². The highest BCUT2D eigenvalue weighted by Gasteiger charge is 2.37. The van der Waals surface area contributed by atoms with Gasteiger partial charge in [-0.1, -0.05) is 0 Å². The summed E-state index contributed by atoms with van der Waals surface area (Å²) in [6.07, 6.45) is -1.90. The number of ether oxygens (including phenoxy) is 2. The van der Waals surface area contributed by atoms with Gasteiger partial charge in [-0.25, -0.2) is 0 Å². The predicted molar refractivity (Wildman–Crippen MR) is 51.4 cm³/mol. The van der Waals surface area contributed by atoms with Crippen LogP contribution in [0, 0.1) is 0 Å². The molecule has 82 valence electrons. The molecular weight excluding hydrogens is 231 g/mol. The SMILES string of the molecule is CC(=O)O[C@H]1C[C@@H](Cl)[C@H](CCl)O[C@@H]1O. The van der Waals surface area contributed by atoms with E-state index in [4.69, 9.17) is 32.7 Å². The first-order valence-electron chi connectivity index (χ1n) is 4.25. The molecule has 1 N–H and O–H groups in total. The first kappa shape index (κ1) is 12.0. The van der Waals surface area contributed by atoms with E-state index >= 15 is 0 Å². The van der Waals surface area contributed by atoms with E-state index < -0.39 is 24.5 Å². The van der Waals surface area contributed by atoms with Crippen molar-refractivity contribution in [1.82, 2.24) is 0 Å². The highest BCUT2D eigenvalue weighted by Crippen LogP contribution is 2.26. The molecule has 1 heterocycles. The lowest BCUT2D eigenvalue weighted by atomic mass is 10.1. The van der Waals surface area contributed by atoms with Crippen molar-refractivity contribution in [2.75, 3.05) is 5.88 Å². The van der Waals surface area contributed by atoms with Crippen molar-refractivity contribution in [2.45, 2.75) is 37.2 Å². The second kappa shape index (κ2) is 5.16. The molecule has 1 saturated heterocycles. The van der Waals surface area contributed by atoms with Gasteiger partial charge in [0.2, 0.25) is 0 Å². The third-order valence-corrected chi connectivity index (χ3v) is 2.73. The summed E-state index contributed by atoms with van der Waals surface area (Å²) >= 11 is 11.5. The van der Waals surface area contributed by atoms with Crippen LogP contribution in [0.4, 0.5) is 0 Å². The zero-order valence-electron chi connectivity index (χ0n) is 7.65. The van der Waals surface area contributed by atoms with E-state index in [-0.39, 0.29) is 11.3 Å². The number of hydrogen-bond donors (Lipinski definition) is 1. The first-order valence-corrected chi connectivity index (χ1v) is 5.22. The van der Waals surface area contributed by atoms with Gasteiger partial charge in [0.15, 0.2) is 12.4 Å². The minimum absolute atomic E-state index is 0.206. The number of aliphatic hydroxyl groups is 1. The van der Waals surface area contributed by atoms with Crippen LogP contribution in [0.25, 0.3) is 0 Å². The molecule has 0 aliphatic carbocycles. The van der Waals surface area contributed by atoms with Gasteiger partial charge in [-0.2, -0.15) is 0 Å². The van der Waals surface area contributed by atoms with Crippen molar-refractivity contribution in [2.24, 2.45) is 0 Å². The van der Waals surface area contributed by atoms with Crippen LogP contribution in [-0.2, 0) is 14.3 Å². The van der Waals surface area contributed by atoms with Crippen LogP contribution in [0.1, 0.15) is 13.3 Å². The number of aliphatic hydroxyl groups excluding tert-OH is 1. The van der Waals surface area contributed by atoms with Gasteiger partial charge in [-0.05, 0) is 0 Å². The minimum atomic E-state index is -1.14. The summed E-state index contributed by atoms with van der Waals surface area (Å²) in [4.78, 5) is 10.7. The summed E-state index contributed by atoms with van der Waals surface area (Å²) in [5.41, 5.74) is 0. The van der Waals surface area contributed by atoms with Crippen LogP contribution < -0.4 is 0 Å². The van der Waals surface area contributed by atoms with Gasteiger partial charge in [0.1, 0.15) is 0 Å². The summed E-state index contributed by atoms with van der Waals surface area (Å²) in [6, 6.07) is 0. The zero-order valence-corrected chi connectivity index (χ0v) is 9.16. The molecule has 0 spiro atoms. The topological polar surface area (TPSA) is 55.8 Å². The van der Waals surface area contributed by atoms with Gasteiger partial charge >= 0.3 is 5.97 Å². The molecule has 1 aliphatic rings. The Morgan fingerprint density at radius 2 is 2.36 bits per heavy atom. The quantitative estimate of drug-likeness (QED) is 0.577. The van der Waals surface area contributed by atoms with Gasteiger partial charge in [0.25, 0.3) is 0 Å². The van der Waals surface area contributed by atoms with Crippen molar-refractivity contribution in [3.63, 3.8) is 0 Å². The molecule has 0 saturated carbocycles. The summed E-state index contributed by atoms with van der Waals surface area (Å²) in [7, 11) is 0. The lowest BCUT2D eigenvalue weighted by molar-refractivity contribution is -0.221. The molecule has 14 heavy (non-hydrogen) atoms.